The number of halogens is 1. The summed E-state index contributed by atoms with van der Waals surface area (Å²) < 4.78 is 3.15. The fourth-order valence-corrected chi connectivity index (χ4v) is 2.31. The van der Waals surface area contributed by atoms with Crippen molar-refractivity contribution >= 4 is 22.6 Å². The summed E-state index contributed by atoms with van der Waals surface area (Å²) in [5.41, 5.74) is 0. The van der Waals surface area contributed by atoms with Crippen molar-refractivity contribution in [3.05, 3.63) is 16.0 Å². The van der Waals surface area contributed by atoms with Crippen LogP contribution < -0.4 is 0 Å². The first kappa shape index (κ1) is 14.0. The van der Waals surface area contributed by atoms with Crippen LogP contribution in [0.2, 0.25) is 0 Å². The Morgan fingerprint density at radius 1 is 1.06 bits per heavy atom. The molecule has 0 bridgehead atoms. The maximum absolute atomic E-state index is 4.37. The fourth-order valence-electron chi connectivity index (χ4n) is 1.87. The summed E-state index contributed by atoms with van der Waals surface area (Å²) in [6.45, 7) is 3.35. The van der Waals surface area contributed by atoms with Crippen LogP contribution in [0, 0.1) is 3.70 Å². The Balaban J connectivity index is 1.88. The average molecular weight is 334 g/mol. The predicted molar refractivity (Wildman–Crippen MR) is 77.6 cm³/mol. The van der Waals surface area contributed by atoms with E-state index in [2.05, 4.69) is 51.6 Å². The molecule has 0 spiro atoms. The van der Waals surface area contributed by atoms with Crippen molar-refractivity contribution in [1.82, 2.24) is 9.78 Å². The Kier molecular flexibility index (Phi) is 7.89. The van der Waals surface area contributed by atoms with Gasteiger partial charge < -0.3 is 0 Å². The van der Waals surface area contributed by atoms with Crippen LogP contribution in [0.5, 0.6) is 0 Å². The smallest absolute Gasteiger partial charge is 0.123 e. The van der Waals surface area contributed by atoms with Gasteiger partial charge in [0.1, 0.15) is 3.70 Å². The van der Waals surface area contributed by atoms with Gasteiger partial charge in [0.05, 0.1) is 0 Å². The van der Waals surface area contributed by atoms with Gasteiger partial charge in [-0.1, -0.05) is 51.9 Å². The van der Waals surface area contributed by atoms with E-state index in [4.69, 9.17) is 0 Å². The summed E-state index contributed by atoms with van der Waals surface area (Å²) in [5.74, 6) is 0. The van der Waals surface area contributed by atoms with Crippen LogP contribution in [0.25, 0.3) is 0 Å². The van der Waals surface area contributed by atoms with E-state index in [9.17, 15) is 0 Å². The van der Waals surface area contributed by atoms with Gasteiger partial charge in [-0.2, -0.15) is 5.10 Å². The van der Waals surface area contributed by atoms with E-state index in [-0.39, 0.29) is 0 Å². The number of rotatable bonds is 9. The van der Waals surface area contributed by atoms with E-state index in [1.165, 1.54) is 51.4 Å². The molecule has 0 aliphatic carbocycles. The summed E-state index contributed by atoms with van der Waals surface area (Å²) in [7, 11) is 0. The lowest BCUT2D eigenvalue weighted by Gasteiger charge is -2.02. The maximum atomic E-state index is 4.37. The van der Waals surface area contributed by atoms with Gasteiger partial charge in [0.25, 0.3) is 0 Å². The lowest BCUT2D eigenvalue weighted by atomic mass is 10.1. The van der Waals surface area contributed by atoms with E-state index in [0.717, 1.165) is 10.2 Å². The second-order valence-electron chi connectivity index (χ2n) is 4.38. The van der Waals surface area contributed by atoms with Gasteiger partial charge in [-0.3, -0.25) is 4.68 Å². The Labute approximate surface area is 113 Å². The lowest BCUT2D eigenvalue weighted by Crippen LogP contribution is -1.98. The van der Waals surface area contributed by atoms with Gasteiger partial charge in [0, 0.05) is 12.7 Å². The van der Waals surface area contributed by atoms with Crippen molar-refractivity contribution in [2.45, 2.75) is 64.8 Å². The largest absolute Gasteiger partial charge is 0.272 e. The number of nitrogens with zero attached hydrogens (tertiary/aromatic N) is 2. The van der Waals surface area contributed by atoms with Gasteiger partial charge in [0.15, 0.2) is 0 Å². The van der Waals surface area contributed by atoms with Gasteiger partial charge in [-0.25, -0.2) is 0 Å². The Bertz CT molecular complexity index is 271. The Hall–Kier alpha value is -0.0600. The molecule has 0 unspecified atom stereocenters. The highest BCUT2D eigenvalue weighted by molar-refractivity contribution is 14.1. The van der Waals surface area contributed by atoms with Crippen molar-refractivity contribution in [2.24, 2.45) is 0 Å². The topological polar surface area (TPSA) is 17.8 Å². The summed E-state index contributed by atoms with van der Waals surface area (Å²) >= 11 is 2.26. The van der Waals surface area contributed by atoms with Gasteiger partial charge >= 0.3 is 0 Å². The predicted octanol–water partition coefficient (Wildman–Crippen LogP) is 4.63. The molecule has 0 atom stereocenters. The van der Waals surface area contributed by atoms with Crippen LogP contribution >= 0.6 is 22.6 Å². The van der Waals surface area contributed by atoms with Crippen molar-refractivity contribution in [2.75, 3.05) is 0 Å². The Morgan fingerprint density at radius 2 is 1.69 bits per heavy atom. The van der Waals surface area contributed by atoms with Crippen LogP contribution in [0.3, 0.4) is 0 Å². The second kappa shape index (κ2) is 9.02. The Morgan fingerprint density at radius 3 is 2.25 bits per heavy atom. The third kappa shape index (κ3) is 6.51. The average Bonchev–Trinajstić information content (AvgIpc) is 2.68. The van der Waals surface area contributed by atoms with Crippen molar-refractivity contribution in [1.29, 1.82) is 0 Å². The minimum absolute atomic E-state index is 1.08. The maximum Gasteiger partial charge on any atom is 0.123 e. The molecule has 0 fully saturated rings. The quantitative estimate of drug-likeness (QED) is 0.476. The highest BCUT2D eigenvalue weighted by Crippen LogP contribution is 2.09. The minimum Gasteiger partial charge on any atom is -0.272 e. The van der Waals surface area contributed by atoms with Crippen LogP contribution in [0.4, 0.5) is 0 Å². The molecule has 0 radical (unpaired) electrons. The molecule has 0 saturated carbocycles. The van der Waals surface area contributed by atoms with E-state index in [1.54, 1.807) is 0 Å². The zero-order valence-electron chi connectivity index (χ0n) is 10.3. The van der Waals surface area contributed by atoms with Crippen molar-refractivity contribution < 1.29 is 0 Å². The third-order valence-corrected chi connectivity index (χ3v) is 3.42. The first-order valence-electron chi connectivity index (χ1n) is 6.52. The van der Waals surface area contributed by atoms with Crippen LogP contribution in [0.1, 0.15) is 58.3 Å². The molecule has 1 aromatic rings. The van der Waals surface area contributed by atoms with E-state index >= 15 is 0 Å². The third-order valence-electron chi connectivity index (χ3n) is 2.85. The first-order valence-corrected chi connectivity index (χ1v) is 7.59. The molecule has 1 aromatic heterocycles. The number of unbranched alkanes of at least 4 members (excludes halogenated alkanes) is 7. The molecule has 0 amide bonds. The molecular weight excluding hydrogens is 311 g/mol. The summed E-state index contributed by atoms with van der Waals surface area (Å²) in [6, 6.07) is 2.06. The number of hydrogen-bond donors (Lipinski definition) is 0. The van der Waals surface area contributed by atoms with Gasteiger partial charge in [0.2, 0.25) is 0 Å². The molecule has 0 saturated heterocycles. The SMILES string of the molecule is CCCCCCCCCCn1ccc(I)n1. The summed E-state index contributed by atoms with van der Waals surface area (Å²) in [5, 5.41) is 4.37. The monoisotopic (exact) mass is 334 g/mol. The minimum atomic E-state index is 1.08. The molecule has 2 nitrogen and oxygen atoms in total. The first-order chi connectivity index (χ1) is 7.83. The number of aryl methyl sites for hydroxylation is 1. The summed E-state index contributed by atoms with van der Waals surface area (Å²) in [6.07, 6.45) is 13.1. The number of hydrogen-bond acceptors (Lipinski definition) is 1. The standard InChI is InChI=1S/C13H23IN2/c1-2-3-4-5-6-7-8-9-11-16-12-10-13(14)15-16/h10,12H,2-9,11H2,1H3. The molecule has 1 heterocycles. The van der Waals surface area contributed by atoms with E-state index < -0.39 is 0 Å². The summed E-state index contributed by atoms with van der Waals surface area (Å²) in [4.78, 5) is 0. The number of aromatic nitrogens is 2. The van der Waals surface area contributed by atoms with E-state index in [0.29, 0.717) is 0 Å². The molecule has 16 heavy (non-hydrogen) atoms. The van der Waals surface area contributed by atoms with Gasteiger partial charge in [-0.05, 0) is 35.1 Å². The molecule has 0 N–H and O–H groups in total. The normalized spacial score (nSPS) is 10.9. The van der Waals surface area contributed by atoms with Crippen LogP contribution in [-0.2, 0) is 6.54 Å². The molecule has 0 aliphatic rings. The van der Waals surface area contributed by atoms with Crippen molar-refractivity contribution in [3.8, 4) is 0 Å². The highest BCUT2D eigenvalue weighted by atomic mass is 127. The van der Waals surface area contributed by atoms with Crippen molar-refractivity contribution in [3.63, 3.8) is 0 Å². The van der Waals surface area contributed by atoms with Gasteiger partial charge in [-0.15, -0.1) is 0 Å². The highest BCUT2D eigenvalue weighted by Gasteiger charge is 1.95. The molecule has 3 heteroatoms. The second-order valence-corrected chi connectivity index (χ2v) is 5.48. The zero-order valence-corrected chi connectivity index (χ0v) is 12.4. The molecule has 92 valence electrons. The van der Waals surface area contributed by atoms with E-state index in [1.807, 2.05) is 0 Å². The van der Waals surface area contributed by atoms with Crippen LogP contribution in [0.15, 0.2) is 12.3 Å². The molecule has 0 aromatic carbocycles. The molecule has 1 rings (SSSR count). The molecular formula is C13H23IN2. The zero-order chi connectivity index (χ0) is 11.6. The lowest BCUT2D eigenvalue weighted by molar-refractivity contribution is 0.518. The molecule has 0 aliphatic heterocycles. The van der Waals surface area contributed by atoms with Crippen LogP contribution in [-0.4, -0.2) is 9.78 Å². The fraction of sp³-hybridized carbons (Fsp3) is 0.769.